The van der Waals surface area contributed by atoms with Gasteiger partial charge in [-0.25, -0.2) is 4.79 Å². The first-order chi connectivity index (χ1) is 10.6. The number of methoxy groups -OCH3 is 1. The minimum absolute atomic E-state index is 0.0915. The molecule has 2 N–H and O–H groups in total. The number of carbonyl (C=O) groups is 2. The highest BCUT2D eigenvalue weighted by Crippen LogP contribution is 2.44. The zero-order valence-electron chi connectivity index (χ0n) is 13.5. The Labute approximate surface area is 130 Å². The molecule has 5 heteroatoms. The van der Waals surface area contributed by atoms with Gasteiger partial charge in [0.05, 0.1) is 12.7 Å². The number of H-pyrrole nitrogens is 1. The summed E-state index contributed by atoms with van der Waals surface area (Å²) >= 11 is 0. The molecule has 3 rings (SSSR count). The largest absolute Gasteiger partial charge is 0.465 e. The number of rotatable bonds is 6. The van der Waals surface area contributed by atoms with E-state index in [4.69, 9.17) is 4.74 Å². The van der Waals surface area contributed by atoms with Crippen LogP contribution in [-0.2, 0) is 11.2 Å². The molecule has 1 aromatic rings. The number of amides is 1. The summed E-state index contributed by atoms with van der Waals surface area (Å²) in [7, 11) is 1.37. The molecule has 2 saturated carbocycles. The molecule has 5 nitrogen and oxygen atoms in total. The molecular formula is C17H24N2O3. The Morgan fingerprint density at radius 1 is 1.27 bits per heavy atom. The van der Waals surface area contributed by atoms with Crippen LogP contribution in [0.4, 0.5) is 0 Å². The molecule has 120 valence electrons. The molecule has 1 heterocycles. The van der Waals surface area contributed by atoms with Crippen molar-refractivity contribution >= 4 is 11.9 Å². The number of aromatic amines is 1. The highest BCUT2D eigenvalue weighted by molar-refractivity contribution is 6.00. The van der Waals surface area contributed by atoms with E-state index in [1.165, 1.54) is 32.8 Å². The van der Waals surface area contributed by atoms with Gasteiger partial charge >= 0.3 is 5.97 Å². The lowest BCUT2D eigenvalue weighted by molar-refractivity contribution is 0.0599. The van der Waals surface area contributed by atoms with Gasteiger partial charge in [0.25, 0.3) is 5.91 Å². The third kappa shape index (κ3) is 2.76. The predicted octanol–water partition coefficient (Wildman–Crippen LogP) is 2.59. The Morgan fingerprint density at radius 2 is 1.86 bits per heavy atom. The van der Waals surface area contributed by atoms with Crippen molar-refractivity contribution in [3.8, 4) is 0 Å². The number of nitrogens with one attached hydrogen (secondary N) is 2. The maximum atomic E-state index is 12.6. The van der Waals surface area contributed by atoms with Crippen LogP contribution in [0, 0.1) is 18.8 Å². The first kappa shape index (κ1) is 15.1. The van der Waals surface area contributed by atoms with E-state index in [0.717, 1.165) is 5.69 Å². The number of hydrogen-bond acceptors (Lipinski definition) is 3. The highest BCUT2D eigenvalue weighted by Gasteiger charge is 2.42. The lowest BCUT2D eigenvalue weighted by Crippen LogP contribution is -2.38. The summed E-state index contributed by atoms with van der Waals surface area (Å²) in [6, 6.07) is 0.307. The zero-order chi connectivity index (χ0) is 15.9. The first-order valence-corrected chi connectivity index (χ1v) is 8.17. The molecule has 2 aliphatic carbocycles. The number of ether oxygens (including phenoxy) is 1. The first-order valence-electron chi connectivity index (χ1n) is 8.17. The number of aromatic nitrogens is 1. The van der Waals surface area contributed by atoms with Gasteiger partial charge in [-0.15, -0.1) is 0 Å². The van der Waals surface area contributed by atoms with Crippen LogP contribution in [0.1, 0.15) is 64.7 Å². The van der Waals surface area contributed by atoms with Gasteiger partial charge in [-0.2, -0.15) is 0 Å². The molecule has 0 saturated heterocycles. The third-order valence-corrected chi connectivity index (χ3v) is 4.86. The van der Waals surface area contributed by atoms with E-state index in [9.17, 15) is 9.59 Å². The number of aryl methyl sites for hydroxylation is 1. The van der Waals surface area contributed by atoms with Crippen molar-refractivity contribution in [2.24, 2.45) is 11.8 Å². The van der Waals surface area contributed by atoms with Crippen molar-refractivity contribution in [3.05, 3.63) is 22.5 Å². The average Bonchev–Trinajstić information content (AvgIpc) is 3.41. The van der Waals surface area contributed by atoms with E-state index >= 15 is 0 Å². The monoisotopic (exact) mass is 304 g/mol. The van der Waals surface area contributed by atoms with Crippen LogP contribution in [0.3, 0.4) is 0 Å². The summed E-state index contributed by atoms with van der Waals surface area (Å²) in [6.45, 7) is 3.76. The molecule has 1 aromatic heterocycles. The molecule has 0 aliphatic heterocycles. The van der Waals surface area contributed by atoms with E-state index in [1.807, 2.05) is 6.92 Å². The SMILES string of the molecule is CCc1[nH]c(C(=O)NC(C2CC2)C2CC2)c(C)c1C(=O)OC. The molecule has 0 atom stereocenters. The van der Waals surface area contributed by atoms with Crippen LogP contribution >= 0.6 is 0 Å². The van der Waals surface area contributed by atoms with E-state index in [1.54, 1.807) is 6.92 Å². The van der Waals surface area contributed by atoms with Crippen molar-refractivity contribution in [2.75, 3.05) is 7.11 Å². The topological polar surface area (TPSA) is 71.2 Å². The van der Waals surface area contributed by atoms with Crippen LogP contribution in [-0.4, -0.2) is 30.0 Å². The molecule has 1 amide bonds. The predicted molar refractivity (Wildman–Crippen MR) is 82.9 cm³/mol. The minimum atomic E-state index is -0.384. The molecule has 0 radical (unpaired) electrons. The normalized spacial score (nSPS) is 17.6. The highest BCUT2D eigenvalue weighted by atomic mass is 16.5. The summed E-state index contributed by atoms with van der Waals surface area (Å²) in [6.07, 6.45) is 5.54. The van der Waals surface area contributed by atoms with Gasteiger partial charge in [0.2, 0.25) is 0 Å². The summed E-state index contributed by atoms with van der Waals surface area (Å²) < 4.78 is 4.84. The molecule has 2 fully saturated rings. The van der Waals surface area contributed by atoms with Crippen LogP contribution in [0.5, 0.6) is 0 Å². The Hall–Kier alpha value is -1.78. The van der Waals surface area contributed by atoms with Crippen molar-refractivity contribution < 1.29 is 14.3 Å². The van der Waals surface area contributed by atoms with Gasteiger partial charge < -0.3 is 15.0 Å². The summed E-state index contributed by atoms with van der Waals surface area (Å²) in [5.41, 5.74) is 2.46. The molecule has 0 aromatic carbocycles. The smallest absolute Gasteiger partial charge is 0.339 e. The van der Waals surface area contributed by atoms with Crippen LogP contribution in [0.15, 0.2) is 0 Å². The lowest BCUT2D eigenvalue weighted by Gasteiger charge is -2.17. The van der Waals surface area contributed by atoms with Crippen molar-refractivity contribution in [1.82, 2.24) is 10.3 Å². The van der Waals surface area contributed by atoms with Gasteiger partial charge in [-0.3, -0.25) is 4.79 Å². The second kappa shape index (κ2) is 5.78. The number of hydrogen-bond donors (Lipinski definition) is 2. The molecular weight excluding hydrogens is 280 g/mol. The van der Waals surface area contributed by atoms with Crippen LogP contribution < -0.4 is 5.32 Å². The number of carbonyl (C=O) groups excluding carboxylic acids is 2. The van der Waals surface area contributed by atoms with Gasteiger partial charge in [0.1, 0.15) is 5.69 Å². The standard InChI is InChI=1S/C17H24N2O3/c1-4-12-13(17(21)22-3)9(2)14(18-12)16(20)19-15(10-5-6-10)11-7-8-11/h10-11,15,18H,4-8H2,1-3H3,(H,19,20). The fraction of sp³-hybridized carbons (Fsp3) is 0.647. The minimum Gasteiger partial charge on any atom is -0.465 e. The second-order valence-corrected chi connectivity index (χ2v) is 6.50. The van der Waals surface area contributed by atoms with E-state index in [-0.39, 0.29) is 11.9 Å². The van der Waals surface area contributed by atoms with Crippen molar-refractivity contribution in [3.63, 3.8) is 0 Å². The zero-order valence-corrected chi connectivity index (χ0v) is 13.5. The lowest BCUT2D eigenvalue weighted by atomic mass is 10.1. The van der Waals surface area contributed by atoms with E-state index in [2.05, 4.69) is 10.3 Å². The quantitative estimate of drug-likeness (QED) is 0.794. The molecule has 0 unspecified atom stereocenters. The Morgan fingerprint density at radius 3 is 2.32 bits per heavy atom. The van der Waals surface area contributed by atoms with Crippen LogP contribution in [0.25, 0.3) is 0 Å². The second-order valence-electron chi connectivity index (χ2n) is 6.50. The van der Waals surface area contributed by atoms with Crippen molar-refractivity contribution in [2.45, 2.75) is 52.0 Å². The Balaban J connectivity index is 1.82. The Bertz CT molecular complexity index is 585. The third-order valence-electron chi connectivity index (χ3n) is 4.86. The number of esters is 1. The van der Waals surface area contributed by atoms with Gasteiger partial charge in [-0.05, 0) is 56.4 Å². The van der Waals surface area contributed by atoms with E-state index in [0.29, 0.717) is 41.1 Å². The van der Waals surface area contributed by atoms with E-state index < -0.39 is 0 Å². The van der Waals surface area contributed by atoms with Crippen LogP contribution in [0.2, 0.25) is 0 Å². The maximum absolute atomic E-state index is 12.6. The Kier molecular flexibility index (Phi) is 3.98. The van der Waals surface area contributed by atoms with Gasteiger partial charge in [0.15, 0.2) is 0 Å². The van der Waals surface area contributed by atoms with Gasteiger partial charge in [-0.1, -0.05) is 6.92 Å². The molecule has 0 spiro atoms. The maximum Gasteiger partial charge on any atom is 0.339 e. The molecule has 22 heavy (non-hydrogen) atoms. The van der Waals surface area contributed by atoms with Gasteiger partial charge in [0, 0.05) is 11.7 Å². The summed E-state index contributed by atoms with van der Waals surface area (Å²) in [5.74, 6) is 0.826. The van der Waals surface area contributed by atoms with Crippen molar-refractivity contribution in [1.29, 1.82) is 0 Å². The molecule has 2 aliphatic rings. The molecule has 0 bridgehead atoms. The fourth-order valence-electron chi connectivity index (χ4n) is 3.28. The fourth-order valence-corrected chi connectivity index (χ4v) is 3.28. The summed E-state index contributed by atoms with van der Waals surface area (Å²) in [5, 5.41) is 3.20. The average molecular weight is 304 g/mol. The summed E-state index contributed by atoms with van der Waals surface area (Å²) in [4.78, 5) is 27.7.